The molecule has 0 amide bonds. The molecule has 12 rings (SSSR count). The van der Waals surface area contributed by atoms with Gasteiger partial charge in [0.2, 0.25) is 0 Å². The molecule has 0 saturated carbocycles. The number of hydrogen-bond donors (Lipinski definition) is 0. The Morgan fingerprint density at radius 2 is 1.02 bits per heavy atom. The number of para-hydroxylation sites is 3. The van der Waals surface area contributed by atoms with Gasteiger partial charge in [-0.25, -0.2) is 15.0 Å². The highest BCUT2D eigenvalue weighted by Crippen LogP contribution is 2.43. The number of rotatable bonds is 5. The zero-order chi connectivity index (χ0) is 39.0. The first-order valence-electron chi connectivity index (χ1n) is 19.5. The summed E-state index contributed by atoms with van der Waals surface area (Å²) in [7, 11) is 0. The van der Waals surface area contributed by atoms with Crippen LogP contribution in [0.1, 0.15) is 5.56 Å². The van der Waals surface area contributed by atoms with Gasteiger partial charge in [0.05, 0.1) is 38.7 Å². The Kier molecular flexibility index (Phi) is 7.16. The van der Waals surface area contributed by atoms with Crippen molar-refractivity contribution in [1.82, 2.24) is 24.1 Å². The van der Waals surface area contributed by atoms with E-state index in [2.05, 4.69) is 106 Å². The van der Waals surface area contributed by atoms with Gasteiger partial charge in [-0.15, -0.1) is 0 Å². The lowest BCUT2D eigenvalue weighted by molar-refractivity contribution is 0.673. The Morgan fingerprint density at radius 3 is 1.69 bits per heavy atom. The van der Waals surface area contributed by atoms with E-state index in [1.165, 1.54) is 0 Å². The van der Waals surface area contributed by atoms with Gasteiger partial charge in [-0.2, -0.15) is 5.26 Å². The molecule has 8 aromatic carbocycles. The quantitative estimate of drug-likeness (QED) is 0.175. The van der Waals surface area contributed by atoms with Crippen molar-refractivity contribution in [2.75, 3.05) is 0 Å². The van der Waals surface area contributed by atoms with Crippen LogP contribution in [0.4, 0.5) is 0 Å². The van der Waals surface area contributed by atoms with E-state index < -0.39 is 0 Å². The van der Waals surface area contributed by atoms with Crippen LogP contribution in [0.25, 0.3) is 111 Å². The van der Waals surface area contributed by atoms with Gasteiger partial charge in [0.15, 0.2) is 17.5 Å². The first kappa shape index (κ1) is 32.9. The molecule has 0 radical (unpaired) electrons. The lowest BCUT2D eigenvalue weighted by Gasteiger charge is -2.12. The zero-order valence-electron chi connectivity index (χ0n) is 31.4. The minimum Gasteiger partial charge on any atom is -0.455 e. The van der Waals surface area contributed by atoms with Crippen molar-refractivity contribution in [2.24, 2.45) is 0 Å². The Labute approximate surface area is 337 Å². The van der Waals surface area contributed by atoms with E-state index in [-0.39, 0.29) is 0 Å². The number of furan rings is 1. The summed E-state index contributed by atoms with van der Waals surface area (Å²) in [5.74, 6) is 1.63. The molecule has 0 spiro atoms. The lowest BCUT2D eigenvalue weighted by Crippen LogP contribution is -2.02. The van der Waals surface area contributed by atoms with E-state index in [1.54, 1.807) is 0 Å². The standard InChI is InChI=1S/C52H30N6O/c53-31-35-28-34(52-55-50(32-14-4-1-5-15-32)54-51(56-52)33-16-6-2-7-17-33)24-26-42(35)58-43-22-12-10-20-37(43)40-30-47-41(29-46(40)58)38-25-27-45-48(49(38)59-47)39-21-11-13-23-44(39)57(45)36-18-8-3-9-19-36/h1-30H. The van der Waals surface area contributed by atoms with Crippen molar-refractivity contribution >= 4 is 65.6 Å². The molecular weight excluding hydrogens is 725 g/mol. The fraction of sp³-hybridized carbons (Fsp3) is 0. The molecule has 0 aliphatic rings. The average molecular weight is 755 g/mol. The van der Waals surface area contributed by atoms with Crippen LogP contribution >= 0.6 is 0 Å². The summed E-state index contributed by atoms with van der Waals surface area (Å²) in [6.45, 7) is 0. The molecule has 0 saturated heterocycles. The van der Waals surface area contributed by atoms with Gasteiger partial charge in [-0.05, 0) is 66.7 Å². The molecule has 0 aliphatic heterocycles. The zero-order valence-corrected chi connectivity index (χ0v) is 31.4. The second kappa shape index (κ2) is 12.8. The van der Waals surface area contributed by atoms with Crippen LogP contribution in [-0.2, 0) is 0 Å². The molecule has 4 aromatic heterocycles. The van der Waals surface area contributed by atoms with Gasteiger partial charge in [0.1, 0.15) is 17.2 Å². The minimum absolute atomic E-state index is 0.495. The Morgan fingerprint density at radius 1 is 0.424 bits per heavy atom. The largest absolute Gasteiger partial charge is 0.455 e. The van der Waals surface area contributed by atoms with Gasteiger partial charge in [-0.3, -0.25) is 0 Å². The van der Waals surface area contributed by atoms with Gasteiger partial charge in [0, 0.05) is 49.3 Å². The van der Waals surface area contributed by atoms with E-state index >= 15 is 0 Å². The van der Waals surface area contributed by atoms with E-state index in [0.29, 0.717) is 23.0 Å². The van der Waals surface area contributed by atoms with Crippen molar-refractivity contribution in [2.45, 2.75) is 0 Å². The Balaban J connectivity index is 1.07. The first-order valence-corrected chi connectivity index (χ1v) is 19.5. The highest BCUT2D eigenvalue weighted by Gasteiger charge is 2.22. The number of hydrogen-bond acceptors (Lipinski definition) is 5. The Bertz CT molecular complexity index is 3610. The predicted octanol–water partition coefficient (Wildman–Crippen LogP) is 12.8. The highest BCUT2D eigenvalue weighted by atomic mass is 16.3. The monoisotopic (exact) mass is 754 g/mol. The Hall–Kier alpha value is -8.34. The normalized spacial score (nSPS) is 11.7. The third-order valence-electron chi connectivity index (χ3n) is 11.4. The average Bonchev–Trinajstić information content (AvgIpc) is 3.96. The van der Waals surface area contributed by atoms with Crippen molar-refractivity contribution in [3.8, 4) is 51.6 Å². The van der Waals surface area contributed by atoms with Gasteiger partial charge < -0.3 is 13.6 Å². The van der Waals surface area contributed by atoms with Crippen molar-refractivity contribution in [3.05, 3.63) is 188 Å². The van der Waals surface area contributed by atoms with Crippen LogP contribution in [0.15, 0.2) is 186 Å². The molecule has 4 heterocycles. The fourth-order valence-corrected chi connectivity index (χ4v) is 8.76. The summed E-state index contributed by atoms with van der Waals surface area (Å²) in [6, 6.07) is 64.3. The molecule has 59 heavy (non-hydrogen) atoms. The predicted molar refractivity (Wildman–Crippen MR) is 237 cm³/mol. The van der Waals surface area contributed by atoms with Crippen LogP contribution in [0.5, 0.6) is 0 Å². The maximum atomic E-state index is 10.8. The van der Waals surface area contributed by atoms with Crippen molar-refractivity contribution in [3.63, 3.8) is 0 Å². The number of benzene rings is 8. The summed E-state index contributed by atoms with van der Waals surface area (Å²) in [6.07, 6.45) is 0. The molecule has 274 valence electrons. The third-order valence-corrected chi connectivity index (χ3v) is 11.4. The number of aromatic nitrogens is 5. The lowest BCUT2D eigenvalue weighted by atomic mass is 10.1. The van der Waals surface area contributed by atoms with Crippen LogP contribution in [0.3, 0.4) is 0 Å². The number of fused-ring (bicyclic) bond motifs is 10. The summed E-state index contributed by atoms with van der Waals surface area (Å²) in [4.78, 5) is 14.7. The molecule has 0 aliphatic carbocycles. The van der Waals surface area contributed by atoms with Crippen molar-refractivity contribution < 1.29 is 4.42 Å². The van der Waals surface area contributed by atoms with Gasteiger partial charge >= 0.3 is 0 Å². The number of nitrogens with zero attached hydrogens (tertiary/aromatic N) is 6. The summed E-state index contributed by atoms with van der Waals surface area (Å²) < 4.78 is 11.4. The second-order valence-corrected chi connectivity index (χ2v) is 14.7. The van der Waals surface area contributed by atoms with Gasteiger partial charge in [-0.1, -0.05) is 115 Å². The summed E-state index contributed by atoms with van der Waals surface area (Å²) in [5, 5.41) is 17.2. The smallest absolute Gasteiger partial charge is 0.164 e. The van der Waals surface area contributed by atoms with Gasteiger partial charge in [0.25, 0.3) is 0 Å². The highest BCUT2D eigenvalue weighted by molar-refractivity contribution is 6.25. The molecule has 0 fully saturated rings. The SMILES string of the molecule is N#Cc1cc(-c2nc(-c3ccccc3)nc(-c3ccccc3)n2)ccc1-n1c2ccccc2c2cc3oc4c(ccc5c4c4ccccc4n5-c4ccccc4)c3cc21. The molecule has 0 bridgehead atoms. The maximum absolute atomic E-state index is 10.8. The second-order valence-electron chi connectivity index (χ2n) is 14.7. The molecule has 0 N–H and O–H groups in total. The van der Waals surface area contributed by atoms with Crippen LogP contribution < -0.4 is 0 Å². The molecule has 7 heteroatoms. The first-order chi connectivity index (χ1) is 29.2. The van der Waals surface area contributed by atoms with E-state index in [4.69, 9.17) is 19.4 Å². The summed E-state index contributed by atoms with van der Waals surface area (Å²) in [5.41, 5.74) is 10.7. The molecule has 12 aromatic rings. The molecule has 7 nitrogen and oxygen atoms in total. The van der Waals surface area contributed by atoms with Crippen LogP contribution in [0.2, 0.25) is 0 Å². The topological polar surface area (TPSA) is 85.5 Å². The van der Waals surface area contributed by atoms with E-state index in [1.807, 2.05) is 91.0 Å². The van der Waals surface area contributed by atoms with E-state index in [0.717, 1.165) is 93.6 Å². The minimum atomic E-state index is 0.495. The third kappa shape index (κ3) is 5.04. The molecule has 0 unspecified atom stereocenters. The van der Waals surface area contributed by atoms with Crippen molar-refractivity contribution in [1.29, 1.82) is 5.26 Å². The van der Waals surface area contributed by atoms with Crippen LogP contribution in [-0.4, -0.2) is 24.1 Å². The number of nitriles is 1. The van der Waals surface area contributed by atoms with E-state index in [9.17, 15) is 5.26 Å². The summed E-state index contributed by atoms with van der Waals surface area (Å²) >= 11 is 0. The molecular formula is C52H30N6O. The maximum Gasteiger partial charge on any atom is 0.164 e. The fourth-order valence-electron chi connectivity index (χ4n) is 8.76. The molecule has 0 atom stereocenters. The van der Waals surface area contributed by atoms with Crippen LogP contribution in [0, 0.1) is 11.3 Å².